The van der Waals surface area contributed by atoms with Gasteiger partial charge in [-0.25, -0.2) is 4.39 Å². The largest absolute Gasteiger partial charge is 0.496 e. The van der Waals surface area contributed by atoms with E-state index in [0.29, 0.717) is 16.9 Å². The van der Waals surface area contributed by atoms with E-state index in [9.17, 15) is 19.3 Å². The molecule has 3 aromatic carbocycles. The molecule has 3 rings (SSSR count). The van der Waals surface area contributed by atoms with Crippen molar-refractivity contribution < 1.29 is 18.8 Å². The van der Waals surface area contributed by atoms with Gasteiger partial charge in [-0.15, -0.1) is 0 Å². The molecular formula is C21H17FN2O4S. The number of non-ortho nitro benzene ring substituents is 1. The number of nitrogens with one attached hydrogen (secondary N) is 1. The smallest absolute Gasteiger partial charge is 0.269 e. The quantitative estimate of drug-likeness (QED) is 0.444. The molecule has 6 nitrogen and oxygen atoms in total. The Morgan fingerprint density at radius 2 is 1.86 bits per heavy atom. The van der Waals surface area contributed by atoms with Crippen LogP contribution in [0.1, 0.15) is 15.9 Å². The summed E-state index contributed by atoms with van der Waals surface area (Å²) in [5, 5.41) is 13.5. The van der Waals surface area contributed by atoms with Gasteiger partial charge in [0.25, 0.3) is 11.6 Å². The maximum absolute atomic E-state index is 13.3. The van der Waals surface area contributed by atoms with E-state index in [2.05, 4.69) is 5.32 Å². The molecule has 0 unspecified atom stereocenters. The number of nitro benzene ring substituents is 1. The van der Waals surface area contributed by atoms with Crippen molar-refractivity contribution >= 4 is 23.4 Å². The third-order valence-electron chi connectivity index (χ3n) is 4.07. The molecule has 0 spiro atoms. The summed E-state index contributed by atoms with van der Waals surface area (Å²) in [6.45, 7) is 0.196. The van der Waals surface area contributed by atoms with Crippen LogP contribution >= 0.6 is 11.8 Å². The second-order valence-corrected chi connectivity index (χ2v) is 7.17. The van der Waals surface area contributed by atoms with Crippen molar-refractivity contribution in [1.82, 2.24) is 5.32 Å². The number of carbonyl (C=O) groups is 1. The molecule has 0 fully saturated rings. The molecule has 0 heterocycles. The number of carbonyl (C=O) groups excluding carboxylic acids is 1. The van der Waals surface area contributed by atoms with Crippen molar-refractivity contribution in [3.8, 4) is 5.75 Å². The summed E-state index contributed by atoms with van der Waals surface area (Å²) in [6, 6.07) is 17.4. The van der Waals surface area contributed by atoms with Crippen molar-refractivity contribution in [2.24, 2.45) is 0 Å². The van der Waals surface area contributed by atoms with Crippen LogP contribution in [0.15, 0.2) is 76.5 Å². The van der Waals surface area contributed by atoms with Gasteiger partial charge in [0, 0.05) is 45.7 Å². The second kappa shape index (κ2) is 9.20. The number of halogens is 1. The number of hydrogen-bond donors (Lipinski definition) is 1. The summed E-state index contributed by atoms with van der Waals surface area (Å²) in [4.78, 5) is 24.4. The Labute approximate surface area is 170 Å². The standard InChI is InChI=1S/C21H17FN2O4S/c1-28-20-12-16(22)6-5-15(20)13-23-21(25)14-3-2-4-19(11-14)29-18-9-7-17(8-10-18)24(26)27/h2-12H,13H2,1H3,(H,23,25). The maximum atomic E-state index is 13.3. The number of hydrogen-bond acceptors (Lipinski definition) is 5. The fourth-order valence-corrected chi connectivity index (χ4v) is 3.49. The predicted molar refractivity (Wildman–Crippen MR) is 108 cm³/mol. The van der Waals surface area contributed by atoms with E-state index >= 15 is 0 Å². The molecule has 0 saturated carbocycles. The van der Waals surface area contributed by atoms with Crippen molar-refractivity contribution in [2.45, 2.75) is 16.3 Å². The molecular weight excluding hydrogens is 395 g/mol. The van der Waals surface area contributed by atoms with E-state index in [4.69, 9.17) is 4.74 Å². The first-order valence-electron chi connectivity index (χ1n) is 8.59. The van der Waals surface area contributed by atoms with Gasteiger partial charge in [0.1, 0.15) is 11.6 Å². The highest BCUT2D eigenvalue weighted by Crippen LogP contribution is 2.29. The van der Waals surface area contributed by atoms with Crippen LogP contribution in [-0.2, 0) is 6.54 Å². The topological polar surface area (TPSA) is 81.5 Å². The number of methoxy groups -OCH3 is 1. The molecule has 0 aliphatic rings. The molecule has 0 saturated heterocycles. The second-order valence-electron chi connectivity index (χ2n) is 6.02. The number of nitrogens with zero attached hydrogens (tertiary/aromatic N) is 1. The minimum absolute atomic E-state index is 0.0266. The first-order chi connectivity index (χ1) is 14.0. The lowest BCUT2D eigenvalue weighted by atomic mass is 10.1. The van der Waals surface area contributed by atoms with E-state index in [-0.39, 0.29) is 18.1 Å². The van der Waals surface area contributed by atoms with Gasteiger partial charge >= 0.3 is 0 Å². The minimum atomic E-state index is -0.449. The lowest BCUT2D eigenvalue weighted by Crippen LogP contribution is -2.23. The number of amides is 1. The summed E-state index contributed by atoms with van der Waals surface area (Å²) in [6.07, 6.45) is 0. The Balaban J connectivity index is 1.67. The lowest BCUT2D eigenvalue weighted by Gasteiger charge is -2.10. The van der Waals surface area contributed by atoms with E-state index in [1.807, 2.05) is 6.07 Å². The molecule has 0 atom stereocenters. The van der Waals surface area contributed by atoms with Crippen molar-refractivity contribution in [1.29, 1.82) is 0 Å². The summed E-state index contributed by atoms with van der Waals surface area (Å²) in [5.41, 5.74) is 1.16. The molecule has 1 N–H and O–H groups in total. The fourth-order valence-electron chi connectivity index (χ4n) is 2.61. The number of rotatable bonds is 7. The average Bonchev–Trinajstić information content (AvgIpc) is 2.73. The SMILES string of the molecule is COc1cc(F)ccc1CNC(=O)c1cccc(Sc2ccc([N+](=O)[O-])cc2)c1. The Kier molecular flexibility index (Phi) is 6.46. The van der Waals surface area contributed by atoms with Gasteiger partial charge < -0.3 is 10.1 Å². The van der Waals surface area contributed by atoms with Gasteiger partial charge in [0.2, 0.25) is 0 Å². The van der Waals surface area contributed by atoms with Gasteiger partial charge in [0.15, 0.2) is 0 Å². The van der Waals surface area contributed by atoms with Crippen molar-refractivity contribution in [3.05, 3.63) is 93.8 Å². The lowest BCUT2D eigenvalue weighted by molar-refractivity contribution is -0.384. The van der Waals surface area contributed by atoms with Crippen LogP contribution in [0.25, 0.3) is 0 Å². The highest BCUT2D eigenvalue weighted by Gasteiger charge is 2.10. The Morgan fingerprint density at radius 3 is 2.55 bits per heavy atom. The van der Waals surface area contributed by atoms with E-state index in [0.717, 1.165) is 9.79 Å². The average molecular weight is 412 g/mol. The van der Waals surface area contributed by atoms with Gasteiger partial charge in [-0.3, -0.25) is 14.9 Å². The molecule has 0 aliphatic carbocycles. The Morgan fingerprint density at radius 1 is 1.10 bits per heavy atom. The Hall–Kier alpha value is -3.39. The van der Waals surface area contributed by atoms with E-state index in [1.165, 1.54) is 43.1 Å². The van der Waals surface area contributed by atoms with E-state index in [1.54, 1.807) is 36.4 Å². The Bertz CT molecular complexity index is 1040. The molecule has 148 valence electrons. The summed E-state index contributed by atoms with van der Waals surface area (Å²) >= 11 is 1.40. The zero-order valence-corrected chi connectivity index (χ0v) is 16.2. The van der Waals surface area contributed by atoms with Crippen molar-refractivity contribution in [3.63, 3.8) is 0 Å². The van der Waals surface area contributed by atoms with Crippen LogP contribution in [0, 0.1) is 15.9 Å². The highest BCUT2D eigenvalue weighted by molar-refractivity contribution is 7.99. The molecule has 0 bridgehead atoms. The van der Waals surface area contributed by atoms with E-state index < -0.39 is 10.7 Å². The third-order valence-corrected chi connectivity index (χ3v) is 5.07. The molecule has 0 aliphatic heterocycles. The fraction of sp³-hybridized carbons (Fsp3) is 0.0952. The van der Waals surface area contributed by atoms with Crippen LogP contribution in [0.5, 0.6) is 5.75 Å². The zero-order chi connectivity index (χ0) is 20.8. The van der Waals surface area contributed by atoms with Gasteiger partial charge in [-0.1, -0.05) is 23.9 Å². The minimum Gasteiger partial charge on any atom is -0.496 e. The molecule has 0 radical (unpaired) electrons. The third kappa shape index (κ3) is 5.32. The number of benzene rings is 3. The molecule has 8 heteroatoms. The first-order valence-corrected chi connectivity index (χ1v) is 9.41. The predicted octanol–water partition coefficient (Wildman–Crippen LogP) is 4.82. The van der Waals surface area contributed by atoms with Crippen LogP contribution in [0.2, 0.25) is 0 Å². The monoisotopic (exact) mass is 412 g/mol. The van der Waals surface area contributed by atoms with Crippen LogP contribution in [0.4, 0.5) is 10.1 Å². The molecule has 29 heavy (non-hydrogen) atoms. The number of ether oxygens (including phenoxy) is 1. The number of nitro groups is 1. The maximum Gasteiger partial charge on any atom is 0.269 e. The first kappa shape index (κ1) is 20.3. The van der Waals surface area contributed by atoms with Gasteiger partial charge in [0.05, 0.1) is 12.0 Å². The molecule has 3 aromatic rings. The molecule has 1 amide bonds. The normalized spacial score (nSPS) is 10.4. The highest BCUT2D eigenvalue weighted by atomic mass is 32.2. The van der Waals surface area contributed by atoms with Crippen LogP contribution in [0.3, 0.4) is 0 Å². The van der Waals surface area contributed by atoms with Crippen molar-refractivity contribution in [2.75, 3.05) is 7.11 Å². The summed E-state index contributed by atoms with van der Waals surface area (Å²) in [5.74, 6) is -0.316. The molecule has 0 aromatic heterocycles. The zero-order valence-electron chi connectivity index (χ0n) is 15.4. The van der Waals surface area contributed by atoms with Gasteiger partial charge in [-0.05, 0) is 36.4 Å². The summed E-state index contributed by atoms with van der Waals surface area (Å²) < 4.78 is 18.4. The summed E-state index contributed by atoms with van der Waals surface area (Å²) in [7, 11) is 1.44. The van der Waals surface area contributed by atoms with Gasteiger partial charge in [-0.2, -0.15) is 0 Å². The van der Waals surface area contributed by atoms with Crippen LogP contribution in [-0.4, -0.2) is 17.9 Å². The van der Waals surface area contributed by atoms with Crippen LogP contribution < -0.4 is 10.1 Å².